The summed E-state index contributed by atoms with van der Waals surface area (Å²) in [5.74, 6) is 0.983. The van der Waals surface area contributed by atoms with E-state index in [9.17, 15) is 9.59 Å². The largest absolute Gasteiger partial charge is 0.353 e. The smallest absolute Gasteiger partial charge is 0.319 e. The van der Waals surface area contributed by atoms with Crippen LogP contribution in [-0.2, 0) is 4.79 Å². The lowest BCUT2D eigenvalue weighted by atomic mass is 10.2. The summed E-state index contributed by atoms with van der Waals surface area (Å²) in [4.78, 5) is 35.5. The molecule has 2 N–H and O–H groups in total. The summed E-state index contributed by atoms with van der Waals surface area (Å²) in [5, 5.41) is 5.71. The average molecular weight is 459 g/mol. The quantitative estimate of drug-likeness (QED) is 0.564. The first-order valence-electron chi connectivity index (χ1n) is 11.5. The number of para-hydroxylation sites is 3. The summed E-state index contributed by atoms with van der Waals surface area (Å²) >= 11 is 0. The Morgan fingerprint density at radius 1 is 0.912 bits per heavy atom. The highest BCUT2D eigenvalue weighted by atomic mass is 16.2. The summed E-state index contributed by atoms with van der Waals surface area (Å²) in [6.45, 7) is 3.09. The predicted octanol–water partition coefficient (Wildman–Crippen LogP) is 3.71. The Labute approximate surface area is 200 Å². The third-order valence-corrected chi connectivity index (χ3v) is 5.89. The minimum absolute atomic E-state index is 0.0465. The van der Waals surface area contributed by atoms with Crippen LogP contribution >= 0.6 is 0 Å². The van der Waals surface area contributed by atoms with Gasteiger partial charge in [0.1, 0.15) is 5.82 Å². The van der Waals surface area contributed by atoms with Crippen LogP contribution in [0.5, 0.6) is 0 Å². The Hall–Kier alpha value is -4.07. The Kier molecular flexibility index (Phi) is 7.60. The molecule has 3 amide bonds. The van der Waals surface area contributed by atoms with Crippen molar-refractivity contribution in [3.63, 3.8) is 0 Å². The maximum atomic E-state index is 12.6. The van der Waals surface area contributed by atoms with E-state index in [-0.39, 0.29) is 24.9 Å². The van der Waals surface area contributed by atoms with Gasteiger partial charge in [0.2, 0.25) is 5.91 Å². The summed E-state index contributed by atoms with van der Waals surface area (Å²) in [5.41, 5.74) is 2.60. The first-order chi connectivity index (χ1) is 16.6. The number of rotatable bonds is 7. The third kappa shape index (κ3) is 5.83. The number of amides is 3. The van der Waals surface area contributed by atoms with Gasteiger partial charge >= 0.3 is 6.03 Å². The molecule has 3 aromatic rings. The number of carbonyl (C=O) groups is 2. The van der Waals surface area contributed by atoms with Gasteiger partial charge in [-0.1, -0.05) is 36.4 Å². The van der Waals surface area contributed by atoms with Crippen molar-refractivity contribution in [2.75, 3.05) is 54.9 Å². The summed E-state index contributed by atoms with van der Waals surface area (Å²) in [6, 6.07) is 23.1. The SMILES string of the molecule is CN(c1ccccc1)c1ccccc1NC(=O)NCCC(=O)N1CCN(c2ccccn2)CC1. The van der Waals surface area contributed by atoms with Crippen molar-refractivity contribution >= 4 is 34.8 Å². The molecule has 2 heterocycles. The normalized spacial score (nSPS) is 13.3. The molecule has 0 aliphatic carbocycles. The first kappa shape index (κ1) is 23.1. The van der Waals surface area contributed by atoms with Crippen LogP contribution in [0, 0.1) is 0 Å². The summed E-state index contributed by atoms with van der Waals surface area (Å²) < 4.78 is 0. The Morgan fingerprint density at radius 2 is 1.62 bits per heavy atom. The molecule has 176 valence electrons. The number of nitrogens with zero attached hydrogens (tertiary/aromatic N) is 4. The van der Waals surface area contributed by atoms with E-state index < -0.39 is 0 Å². The molecule has 1 aliphatic rings. The van der Waals surface area contributed by atoms with Gasteiger partial charge in [0.25, 0.3) is 0 Å². The number of benzene rings is 2. The van der Waals surface area contributed by atoms with Crippen molar-refractivity contribution in [1.82, 2.24) is 15.2 Å². The number of urea groups is 1. The zero-order valence-electron chi connectivity index (χ0n) is 19.4. The van der Waals surface area contributed by atoms with Gasteiger partial charge in [0, 0.05) is 58.1 Å². The lowest BCUT2D eigenvalue weighted by Crippen LogP contribution is -2.49. The van der Waals surface area contributed by atoms with Crippen molar-refractivity contribution in [3.05, 3.63) is 79.0 Å². The molecule has 0 unspecified atom stereocenters. The average Bonchev–Trinajstić information content (AvgIpc) is 2.89. The monoisotopic (exact) mass is 458 g/mol. The van der Waals surface area contributed by atoms with Crippen LogP contribution in [0.1, 0.15) is 6.42 Å². The zero-order chi connectivity index (χ0) is 23.8. The second-order valence-corrected chi connectivity index (χ2v) is 8.10. The molecular weight excluding hydrogens is 428 g/mol. The number of hydrogen-bond donors (Lipinski definition) is 2. The van der Waals surface area contributed by atoms with Gasteiger partial charge in [-0.15, -0.1) is 0 Å². The van der Waals surface area contributed by atoms with Crippen LogP contribution < -0.4 is 20.4 Å². The van der Waals surface area contributed by atoms with Gasteiger partial charge in [0.05, 0.1) is 11.4 Å². The highest BCUT2D eigenvalue weighted by Gasteiger charge is 2.21. The molecule has 1 fully saturated rings. The van der Waals surface area contributed by atoms with Crippen LogP contribution in [0.25, 0.3) is 0 Å². The fourth-order valence-corrected chi connectivity index (χ4v) is 4.00. The molecule has 0 saturated carbocycles. The van der Waals surface area contributed by atoms with E-state index in [0.717, 1.165) is 30.3 Å². The van der Waals surface area contributed by atoms with Crippen molar-refractivity contribution in [3.8, 4) is 0 Å². The van der Waals surface area contributed by atoms with E-state index in [1.165, 1.54) is 0 Å². The molecule has 0 radical (unpaired) electrons. The predicted molar refractivity (Wildman–Crippen MR) is 136 cm³/mol. The van der Waals surface area contributed by atoms with Gasteiger partial charge in [0.15, 0.2) is 0 Å². The first-order valence-corrected chi connectivity index (χ1v) is 11.5. The van der Waals surface area contributed by atoms with Gasteiger partial charge in [-0.05, 0) is 36.4 Å². The fraction of sp³-hybridized carbons (Fsp3) is 0.269. The standard InChI is InChI=1S/C26H30N6O2/c1-30(21-9-3-2-4-10-21)23-12-6-5-11-22(23)29-26(34)28-16-14-25(33)32-19-17-31(18-20-32)24-13-7-8-15-27-24/h2-13,15H,14,16-20H2,1H3,(H2,28,29,34). The van der Waals surface area contributed by atoms with E-state index in [0.29, 0.717) is 18.8 Å². The van der Waals surface area contributed by atoms with Crippen LogP contribution in [0.3, 0.4) is 0 Å². The van der Waals surface area contributed by atoms with E-state index in [1.54, 1.807) is 6.20 Å². The highest BCUT2D eigenvalue weighted by Crippen LogP contribution is 2.30. The molecule has 1 saturated heterocycles. The Morgan fingerprint density at radius 3 is 2.35 bits per heavy atom. The minimum Gasteiger partial charge on any atom is -0.353 e. The zero-order valence-corrected chi connectivity index (χ0v) is 19.4. The maximum Gasteiger partial charge on any atom is 0.319 e. The molecule has 0 spiro atoms. The lowest BCUT2D eigenvalue weighted by molar-refractivity contribution is -0.131. The highest BCUT2D eigenvalue weighted by molar-refractivity contribution is 5.94. The number of anilines is 4. The molecule has 0 bridgehead atoms. The van der Waals surface area contributed by atoms with E-state index >= 15 is 0 Å². The number of aromatic nitrogens is 1. The number of nitrogens with one attached hydrogen (secondary N) is 2. The van der Waals surface area contributed by atoms with Crippen LogP contribution in [0.15, 0.2) is 79.0 Å². The van der Waals surface area contributed by atoms with Gasteiger partial charge < -0.3 is 25.3 Å². The van der Waals surface area contributed by atoms with E-state index in [1.807, 2.05) is 89.6 Å². The molecule has 0 atom stereocenters. The topological polar surface area (TPSA) is 80.8 Å². The fourth-order valence-electron chi connectivity index (χ4n) is 4.00. The maximum absolute atomic E-state index is 12.6. The molecule has 2 aromatic carbocycles. The third-order valence-electron chi connectivity index (χ3n) is 5.89. The number of pyridine rings is 1. The number of carbonyl (C=O) groups excluding carboxylic acids is 2. The minimum atomic E-state index is -0.332. The summed E-state index contributed by atoms with van der Waals surface area (Å²) in [7, 11) is 1.96. The van der Waals surface area contributed by atoms with Crippen LogP contribution in [0.4, 0.5) is 27.7 Å². The van der Waals surface area contributed by atoms with E-state index in [2.05, 4.69) is 20.5 Å². The Balaban J connectivity index is 1.23. The summed E-state index contributed by atoms with van der Waals surface area (Å²) in [6.07, 6.45) is 2.05. The van der Waals surface area contributed by atoms with Crippen LogP contribution in [-0.4, -0.2) is 61.6 Å². The Bertz CT molecular complexity index is 1080. The second kappa shape index (κ2) is 11.2. The number of hydrogen-bond acceptors (Lipinski definition) is 5. The molecule has 1 aromatic heterocycles. The number of piperazine rings is 1. The lowest BCUT2D eigenvalue weighted by Gasteiger charge is -2.35. The van der Waals surface area contributed by atoms with Crippen molar-refractivity contribution in [2.24, 2.45) is 0 Å². The molecule has 8 nitrogen and oxygen atoms in total. The van der Waals surface area contributed by atoms with Crippen molar-refractivity contribution in [1.29, 1.82) is 0 Å². The van der Waals surface area contributed by atoms with E-state index in [4.69, 9.17) is 0 Å². The second-order valence-electron chi connectivity index (χ2n) is 8.10. The van der Waals surface area contributed by atoms with Crippen LogP contribution in [0.2, 0.25) is 0 Å². The molecular formula is C26H30N6O2. The molecule has 8 heteroatoms. The molecule has 34 heavy (non-hydrogen) atoms. The van der Waals surface area contributed by atoms with Gasteiger partial charge in [-0.3, -0.25) is 4.79 Å². The van der Waals surface area contributed by atoms with Crippen molar-refractivity contribution in [2.45, 2.75) is 6.42 Å². The molecule has 1 aliphatic heterocycles. The van der Waals surface area contributed by atoms with Crippen molar-refractivity contribution < 1.29 is 9.59 Å². The molecule has 4 rings (SSSR count). The van der Waals surface area contributed by atoms with Gasteiger partial charge in [-0.25, -0.2) is 9.78 Å². The van der Waals surface area contributed by atoms with Gasteiger partial charge in [-0.2, -0.15) is 0 Å².